The Labute approximate surface area is 125 Å². The van der Waals surface area contributed by atoms with E-state index < -0.39 is 12.0 Å². The van der Waals surface area contributed by atoms with Gasteiger partial charge in [-0.25, -0.2) is 4.79 Å². The molecule has 2 N–H and O–H groups in total. The summed E-state index contributed by atoms with van der Waals surface area (Å²) in [6.07, 6.45) is 2.28. The highest BCUT2D eigenvalue weighted by atomic mass is 32.2. The normalized spacial score (nSPS) is 12.2. The number of para-hydroxylation sites is 1. The predicted molar refractivity (Wildman–Crippen MR) is 80.3 cm³/mol. The molecular weight excluding hydrogens is 292 g/mol. The summed E-state index contributed by atoms with van der Waals surface area (Å²) in [4.78, 5) is 23.1. The molecule has 1 amide bonds. The van der Waals surface area contributed by atoms with Crippen molar-refractivity contribution in [3.63, 3.8) is 0 Å². The molecule has 2 rings (SSSR count). The summed E-state index contributed by atoms with van der Waals surface area (Å²) < 4.78 is 5.12. The van der Waals surface area contributed by atoms with Gasteiger partial charge in [0.25, 0.3) is 0 Å². The van der Waals surface area contributed by atoms with Crippen LogP contribution in [0.5, 0.6) is 0 Å². The highest BCUT2D eigenvalue weighted by Crippen LogP contribution is 2.18. The molecule has 0 saturated carbocycles. The van der Waals surface area contributed by atoms with Crippen LogP contribution in [-0.4, -0.2) is 40.2 Å². The number of carbonyl (C=O) groups excluding carboxylic acids is 1. The van der Waals surface area contributed by atoms with Crippen LogP contribution in [0.1, 0.15) is 12.1 Å². The lowest BCUT2D eigenvalue weighted by Crippen LogP contribution is -2.41. The first kappa shape index (κ1) is 15.4. The molecule has 0 aliphatic rings. The second-order valence-corrected chi connectivity index (χ2v) is 5.53. The molecule has 2 aromatic rings. The van der Waals surface area contributed by atoms with Gasteiger partial charge in [0.1, 0.15) is 11.7 Å². The number of hydrogen-bond donors (Lipinski definition) is 2. The molecule has 1 aromatic carbocycles. The molecule has 0 aliphatic carbocycles. The number of aromatic nitrogens is 1. The van der Waals surface area contributed by atoms with E-state index in [9.17, 15) is 9.59 Å². The third-order valence-electron chi connectivity index (χ3n) is 3.02. The Balaban J connectivity index is 2.02. The quantitative estimate of drug-likeness (QED) is 0.808. The molecule has 1 aromatic heterocycles. The number of benzene rings is 1. The van der Waals surface area contributed by atoms with Gasteiger partial charge in [0.05, 0.1) is 6.42 Å². The molecule has 0 aliphatic heterocycles. The number of carboxylic acid groups (broad SMARTS) is 1. The van der Waals surface area contributed by atoms with Gasteiger partial charge in [0, 0.05) is 5.39 Å². The zero-order valence-electron chi connectivity index (χ0n) is 11.5. The van der Waals surface area contributed by atoms with Gasteiger partial charge in [-0.2, -0.15) is 11.8 Å². The second-order valence-electron chi connectivity index (χ2n) is 4.54. The Kier molecular flexibility index (Phi) is 5.21. The zero-order chi connectivity index (χ0) is 15.2. The maximum Gasteiger partial charge on any atom is 0.326 e. The fourth-order valence-corrected chi connectivity index (χ4v) is 2.43. The Morgan fingerprint density at radius 1 is 1.43 bits per heavy atom. The third kappa shape index (κ3) is 3.98. The minimum Gasteiger partial charge on any atom is -0.480 e. The maximum atomic E-state index is 12.0. The number of rotatable bonds is 7. The fourth-order valence-electron chi connectivity index (χ4n) is 1.96. The Morgan fingerprint density at radius 3 is 2.90 bits per heavy atom. The molecule has 1 atom stereocenters. The van der Waals surface area contributed by atoms with Crippen LogP contribution in [0.25, 0.3) is 11.0 Å². The first-order valence-electron chi connectivity index (χ1n) is 6.46. The van der Waals surface area contributed by atoms with Crippen LogP contribution >= 0.6 is 11.8 Å². The van der Waals surface area contributed by atoms with Gasteiger partial charge in [-0.15, -0.1) is 0 Å². The molecule has 0 unspecified atom stereocenters. The minimum absolute atomic E-state index is 0.0000607. The molecule has 1 heterocycles. The van der Waals surface area contributed by atoms with E-state index in [0.29, 0.717) is 23.5 Å². The van der Waals surface area contributed by atoms with Crippen molar-refractivity contribution in [2.75, 3.05) is 12.0 Å². The molecule has 0 radical (unpaired) electrons. The highest BCUT2D eigenvalue weighted by Gasteiger charge is 2.20. The molecule has 0 spiro atoms. The summed E-state index contributed by atoms with van der Waals surface area (Å²) in [5.74, 6) is -0.727. The van der Waals surface area contributed by atoms with Gasteiger partial charge in [-0.3, -0.25) is 4.79 Å². The number of carbonyl (C=O) groups is 2. The molecule has 6 nitrogen and oxygen atoms in total. The first-order chi connectivity index (χ1) is 10.1. The zero-order valence-corrected chi connectivity index (χ0v) is 12.4. The van der Waals surface area contributed by atoms with Crippen molar-refractivity contribution in [2.45, 2.75) is 18.9 Å². The van der Waals surface area contributed by atoms with Crippen LogP contribution in [-0.2, 0) is 16.0 Å². The summed E-state index contributed by atoms with van der Waals surface area (Å²) in [6, 6.07) is 6.36. The number of hydrogen-bond acceptors (Lipinski definition) is 5. The molecule has 0 fully saturated rings. The van der Waals surface area contributed by atoms with E-state index >= 15 is 0 Å². The SMILES string of the molecule is CSCC[C@@H](NC(=O)Cc1noc2ccccc12)C(=O)O. The van der Waals surface area contributed by atoms with Crippen molar-refractivity contribution in [3.8, 4) is 0 Å². The predicted octanol–water partition coefficient (Wildman–Crippen LogP) is 1.69. The number of thioether (sulfide) groups is 1. The van der Waals surface area contributed by atoms with E-state index in [-0.39, 0.29) is 12.3 Å². The van der Waals surface area contributed by atoms with E-state index in [1.165, 1.54) is 11.8 Å². The Morgan fingerprint density at radius 2 is 2.19 bits per heavy atom. The van der Waals surface area contributed by atoms with Crippen molar-refractivity contribution in [1.82, 2.24) is 10.5 Å². The monoisotopic (exact) mass is 308 g/mol. The van der Waals surface area contributed by atoms with Crippen LogP contribution < -0.4 is 5.32 Å². The van der Waals surface area contributed by atoms with Crippen LogP contribution in [0.2, 0.25) is 0 Å². The summed E-state index contributed by atoms with van der Waals surface area (Å²) >= 11 is 1.54. The van der Waals surface area contributed by atoms with E-state index in [2.05, 4.69) is 10.5 Å². The highest BCUT2D eigenvalue weighted by molar-refractivity contribution is 7.98. The van der Waals surface area contributed by atoms with Gasteiger partial charge in [-0.05, 0) is 30.6 Å². The topological polar surface area (TPSA) is 92.4 Å². The van der Waals surface area contributed by atoms with Gasteiger partial charge in [0.15, 0.2) is 5.58 Å². The van der Waals surface area contributed by atoms with Crippen LogP contribution in [0.3, 0.4) is 0 Å². The number of carboxylic acids is 1. The van der Waals surface area contributed by atoms with Gasteiger partial charge in [-0.1, -0.05) is 17.3 Å². The van der Waals surface area contributed by atoms with Crippen LogP contribution in [0.15, 0.2) is 28.8 Å². The van der Waals surface area contributed by atoms with Crippen LogP contribution in [0.4, 0.5) is 0 Å². The standard InChI is InChI=1S/C14H16N2O4S/c1-21-7-6-10(14(18)19)15-13(17)8-11-9-4-2-3-5-12(9)20-16-11/h2-5,10H,6-8H2,1H3,(H,15,17)(H,18,19)/t10-/m1/s1. The van der Waals surface area contributed by atoms with Crippen molar-refractivity contribution in [1.29, 1.82) is 0 Å². The fraction of sp³-hybridized carbons (Fsp3) is 0.357. The van der Waals surface area contributed by atoms with E-state index in [1.807, 2.05) is 24.5 Å². The smallest absolute Gasteiger partial charge is 0.326 e. The summed E-state index contributed by atoms with van der Waals surface area (Å²) in [5, 5.41) is 16.2. The van der Waals surface area contributed by atoms with Gasteiger partial charge in [0.2, 0.25) is 5.91 Å². The van der Waals surface area contributed by atoms with Gasteiger partial charge < -0.3 is 14.9 Å². The second kappa shape index (κ2) is 7.12. The van der Waals surface area contributed by atoms with Crippen molar-refractivity contribution >= 4 is 34.6 Å². The molecular formula is C14H16N2O4S. The maximum absolute atomic E-state index is 12.0. The van der Waals surface area contributed by atoms with Crippen molar-refractivity contribution < 1.29 is 19.2 Å². The molecule has 0 saturated heterocycles. The summed E-state index contributed by atoms with van der Waals surface area (Å²) in [5.41, 5.74) is 1.12. The number of nitrogens with zero attached hydrogens (tertiary/aromatic N) is 1. The number of fused-ring (bicyclic) bond motifs is 1. The average molecular weight is 308 g/mol. The van der Waals surface area contributed by atoms with E-state index in [4.69, 9.17) is 9.63 Å². The Hall–Kier alpha value is -2.02. The minimum atomic E-state index is -1.03. The van der Waals surface area contributed by atoms with Crippen LogP contribution in [0, 0.1) is 0 Å². The van der Waals surface area contributed by atoms with E-state index in [0.717, 1.165) is 5.39 Å². The number of nitrogens with one attached hydrogen (secondary N) is 1. The van der Waals surface area contributed by atoms with E-state index in [1.54, 1.807) is 6.07 Å². The third-order valence-corrected chi connectivity index (χ3v) is 3.67. The summed E-state index contributed by atoms with van der Waals surface area (Å²) in [7, 11) is 0. The average Bonchev–Trinajstić information content (AvgIpc) is 2.86. The van der Waals surface area contributed by atoms with Crippen molar-refractivity contribution in [3.05, 3.63) is 30.0 Å². The first-order valence-corrected chi connectivity index (χ1v) is 7.85. The molecule has 7 heteroatoms. The lowest BCUT2D eigenvalue weighted by atomic mass is 10.1. The van der Waals surface area contributed by atoms with Gasteiger partial charge >= 0.3 is 5.97 Å². The molecule has 21 heavy (non-hydrogen) atoms. The largest absolute Gasteiger partial charge is 0.480 e. The number of amides is 1. The van der Waals surface area contributed by atoms with Crippen molar-refractivity contribution in [2.24, 2.45) is 0 Å². The molecule has 112 valence electrons. The lowest BCUT2D eigenvalue weighted by Gasteiger charge is -2.13. The summed E-state index contributed by atoms with van der Waals surface area (Å²) in [6.45, 7) is 0. The molecule has 0 bridgehead atoms. The number of aliphatic carboxylic acids is 1. The Bertz CT molecular complexity index is 641. The lowest BCUT2D eigenvalue weighted by molar-refractivity contribution is -0.141.